The number of aliphatic hydroxyl groups is 1. The van der Waals surface area contributed by atoms with Gasteiger partial charge < -0.3 is 14.9 Å². The third-order valence-corrected chi connectivity index (χ3v) is 3.71. The van der Waals surface area contributed by atoms with Gasteiger partial charge in [-0.2, -0.15) is 5.10 Å². The molecule has 0 fully saturated rings. The van der Waals surface area contributed by atoms with Crippen molar-refractivity contribution < 1.29 is 19.7 Å². The Balaban J connectivity index is 2.41. The van der Waals surface area contributed by atoms with Crippen LogP contribution < -0.4 is 4.74 Å². The lowest BCUT2D eigenvalue weighted by Crippen LogP contribution is -2.03. The van der Waals surface area contributed by atoms with Gasteiger partial charge in [-0.05, 0) is 44.0 Å². The maximum absolute atomic E-state index is 10.8. The van der Waals surface area contributed by atoms with Crippen molar-refractivity contribution in [3.05, 3.63) is 40.7 Å². The van der Waals surface area contributed by atoms with Crippen molar-refractivity contribution in [2.75, 3.05) is 7.11 Å². The van der Waals surface area contributed by atoms with E-state index in [1.165, 1.54) is 0 Å². The highest BCUT2D eigenvalue weighted by Gasteiger charge is 2.15. The summed E-state index contributed by atoms with van der Waals surface area (Å²) in [5.41, 5.74) is 4.17. The van der Waals surface area contributed by atoms with Gasteiger partial charge in [-0.25, -0.2) is 4.68 Å². The Morgan fingerprint density at radius 2 is 2.09 bits per heavy atom. The van der Waals surface area contributed by atoms with Gasteiger partial charge in [0, 0.05) is 17.7 Å². The van der Waals surface area contributed by atoms with Crippen LogP contribution in [0.5, 0.6) is 5.75 Å². The molecule has 1 heterocycles. The molecule has 0 amide bonds. The van der Waals surface area contributed by atoms with Gasteiger partial charge in [-0.1, -0.05) is 0 Å². The van der Waals surface area contributed by atoms with Crippen LogP contribution in [0.2, 0.25) is 0 Å². The maximum atomic E-state index is 10.8. The highest BCUT2D eigenvalue weighted by atomic mass is 16.5. The predicted octanol–water partition coefficient (Wildman–Crippen LogP) is 2.01. The first-order valence-corrected chi connectivity index (χ1v) is 7.03. The molecule has 2 N–H and O–H groups in total. The molecule has 0 bridgehead atoms. The third-order valence-electron chi connectivity index (χ3n) is 3.71. The summed E-state index contributed by atoms with van der Waals surface area (Å²) in [7, 11) is 1.56. The summed E-state index contributed by atoms with van der Waals surface area (Å²) < 4.78 is 6.97. The molecule has 118 valence electrons. The Hall–Kier alpha value is -2.34. The number of ether oxygens (including phenoxy) is 1. The number of hydrogen-bond donors (Lipinski definition) is 2. The lowest BCUT2D eigenvalue weighted by Gasteiger charge is -2.10. The number of aliphatic carboxylic acids is 1. The topological polar surface area (TPSA) is 84.6 Å². The number of rotatable bonds is 6. The highest BCUT2D eigenvalue weighted by molar-refractivity contribution is 5.67. The molecule has 0 spiro atoms. The first kappa shape index (κ1) is 16.0. The van der Waals surface area contributed by atoms with Crippen LogP contribution in [0.1, 0.15) is 28.9 Å². The van der Waals surface area contributed by atoms with Crippen molar-refractivity contribution in [1.82, 2.24) is 9.78 Å². The Morgan fingerprint density at radius 3 is 2.68 bits per heavy atom. The van der Waals surface area contributed by atoms with Gasteiger partial charge in [0.1, 0.15) is 5.75 Å². The number of nitrogens with zero attached hydrogens (tertiary/aromatic N) is 2. The summed E-state index contributed by atoms with van der Waals surface area (Å²) in [5.74, 6) is -0.197. The van der Waals surface area contributed by atoms with Crippen LogP contribution in [0.3, 0.4) is 0 Å². The summed E-state index contributed by atoms with van der Waals surface area (Å²) in [5, 5.41) is 22.7. The van der Waals surface area contributed by atoms with E-state index in [0.29, 0.717) is 17.7 Å². The lowest BCUT2D eigenvalue weighted by atomic mass is 10.1. The van der Waals surface area contributed by atoms with Crippen LogP contribution in [-0.4, -0.2) is 33.1 Å². The molecule has 1 aromatic heterocycles. The monoisotopic (exact) mass is 304 g/mol. The quantitative estimate of drug-likeness (QED) is 0.852. The SMILES string of the molecule is COc1ccc(-n2nc(C)c(CCC(=O)O)c2C)cc1CO. The van der Waals surface area contributed by atoms with Crippen molar-refractivity contribution >= 4 is 5.97 Å². The molecule has 6 heteroatoms. The van der Waals surface area contributed by atoms with E-state index in [0.717, 1.165) is 22.6 Å². The van der Waals surface area contributed by atoms with E-state index < -0.39 is 5.97 Å². The molecule has 2 aromatic rings. The molecule has 0 saturated carbocycles. The molecule has 1 aromatic carbocycles. The highest BCUT2D eigenvalue weighted by Crippen LogP contribution is 2.24. The van der Waals surface area contributed by atoms with Gasteiger partial charge in [-0.3, -0.25) is 4.79 Å². The number of benzene rings is 1. The first-order valence-electron chi connectivity index (χ1n) is 7.03. The summed E-state index contributed by atoms with van der Waals surface area (Å²) in [6.45, 7) is 3.67. The largest absolute Gasteiger partial charge is 0.496 e. The standard InChI is InChI=1S/C16H20N2O4/c1-10-14(5-7-16(20)21)11(2)18(17-10)13-4-6-15(22-3)12(8-13)9-19/h4,6,8,19H,5,7,9H2,1-3H3,(H,20,21). The second kappa shape index (κ2) is 6.62. The number of aliphatic hydroxyl groups excluding tert-OH is 1. The van der Waals surface area contributed by atoms with E-state index in [2.05, 4.69) is 5.10 Å². The maximum Gasteiger partial charge on any atom is 0.303 e. The zero-order chi connectivity index (χ0) is 16.3. The van der Waals surface area contributed by atoms with Crippen LogP contribution in [-0.2, 0) is 17.8 Å². The Kier molecular flexibility index (Phi) is 4.82. The number of methoxy groups -OCH3 is 1. The summed E-state index contributed by atoms with van der Waals surface area (Å²) >= 11 is 0. The van der Waals surface area contributed by atoms with Crippen LogP contribution in [0.15, 0.2) is 18.2 Å². The average Bonchev–Trinajstić information content (AvgIpc) is 2.79. The fourth-order valence-corrected chi connectivity index (χ4v) is 2.54. The van der Waals surface area contributed by atoms with E-state index in [1.807, 2.05) is 26.0 Å². The van der Waals surface area contributed by atoms with Gasteiger partial charge in [-0.15, -0.1) is 0 Å². The second-order valence-corrected chi connectivity index (χ2v) is 5.11. The molecule has 2 rings (SSSR count). The lowest BCUT2D eigenvalue weighted by molar-refractivity contribution is -0.136. The Bertz CT molecular complexity index is 692. The number of aryl methyl sites for hydroxylation is 1. The molecule has 0 unspecified atom stereocenters. The minimum Gasteiger partial charge on any atom is -0.496 e. The van der Waals surface area contributed by atoms with E-state index in [1.54, 1.807) is 17.9 Å². The fraction of sp³-hybridized carbons (Fsp3) is 0.375. The molecule has 0 atom stereocenters. The zero-order valence-corrected chi connectivity index (χ0v) is 13.0. The summed E-state index contributed by atoms with van der Waals surface area (Å²) in [6.07, 6.45) is 0.536. The Morgan fingerprint density at radius 1 is 1.36 bits per heavy atom. The molecule has 22 heavy (non-hydrogen) atoms. The van der Waals surface area contributed by atoms with Crippen molar-refractivity contribution in [3.8, 4) is 11.4 Å². The zero-order valence-electron chi connectivity index (χ0n) is 13.0. The number of carbonyl (C=O) groups is 1. The van der Waals surface area contributed by atoms with Gasteiger partial charge in [0.15, 0.2) is 0 Å². The molecule has 0 radical (unpaired) electrons. The van der Waals surface area contributed by atoms with Gasteiger partial charge in [0.2, 0.25) is 0 Å². The van der Waals surface area contributed by atoms with Crippen molar-refractivity contribution in [2.45, 2.75) is 33.3 Å². The van der Waals surface area contributed by atoms with Crippen LogP contribution in [0.4, 0.5) is 0 Å². The van der Waals surface area contributed by atoms with Gasteiger partial charge >= 0.3 is 5.97 Å². The molecule has 0 aliphatic heterocycles. The Labute approximate surface area is 129 Å². The normalized spacial score (nSPS) is 10.7. The van der Waals surface area contributed by atoms with Crippen molar-refractivity contribution in [3.63, 3.8) is 0 Å². The molecule has 0 aliphatic rings. The van der Waals surface area contributed by atoms with Crippen molar-refractivity contribution in [2.24, 2.45) is 0 Å². The van der Waals surface area contributed by atoms with Gasteiger partial charge in [0.25, 0.3) is 0 Å². The number of carboxylic acids is 1. The molecule has 0 aliphatic carbocycles. The smallest absolute Gasteiger partial charge is 0.303 e. The minimum absolute atomic E-state index is 0.0812. The number of hydrogen-bond acceptors (Lipinski definition) is 4. The van der Waals surface area contributed by atoms with E-state index in [-0.39, 0.29) is 13.0 Å². The average molecular weight is 304 g/mol. The molecule has 6 nitrogen and oxygen atoms in total. The number of carboxylic acid groups (broad SMARTS) is 1. The third kappa shape index (κ3) is 3.12. The van der Waals surface area contributed by atoms with Crippen LogP contribution >= 0.6 is 0 Å². The minimum atomic E-state index is -0.821. The predicted molar refractivity (Wildman–Crippen MR) is 81.5 cm³/mol. The van der Waals surface area contributed by atoms with Crippen molar-refractivity contribution in [1.29, 1.82) is 0 Å². The summed E-state index contributed by atoms with van der Waals surface area (Å²) in [4.78, 5) is 10.8. The second-order valence-electron chi connectivity index (χ2n) is 5.11. The number of aromatic nitrogens is 2. The van der Waals surface area contributed by atoms with Gasteiger partial charge in [0.05, 0.1) is 25.1 Å². The summed E-state index contributed by atoms with van der Waals surface area (Å²) in [6, 6.07) is 5.46. The van der Waals surface area contributed by atoms with Crippen LogP contribution in [0.25, 0.3) is 5.69 Å². The van der Waals surface area contributed by atoms with Crippen LogP contribution in [0, 0.1) is 13.8 Å². The van der Waals surface area contributed by atoms with E-state index in [4.69, 9.17) is 9.84 Å². The first-order chi connectivity index (χ1) is 10.5. The van der Waals surface area contributed by atoms with E-state index in [9.17, 15) is 9.90 Å². The molecular weight excluding hydrogens is 284 g/mol. The molecule has 0 saturated heterocycles. The molecular formula is C16H20N2O4. The van der Waals surface area contributed by atoms with E-state index >= 15 is 0 Å². The fourth-order valence-electron chi connectivity index (χ4n) is 2.54.